The molecule has 7 heteroatoms. The van der Waals surface area contributed by atoms with Gasteiger partial charge in [0.15, 0.2) is 9.84 Å². The highest BCUT2D eigenvalue weighted by Gasteiger charge is 2.24. The maximum atomic E-state index is 12.1. The SMILES string of the molecule is CCCNCCCS(=O)(=O)c1ccccc1[N+](=O)[O-]. The first-order valence-electron chi connectivity index (χ1n) is 6.16. The Balaban J connectivity index is 2.75. The van der Waals surface area contributed by atoms with Gasteiger partial charge in [0.1, 0.15) is 4.90 Å². The van der Waals surface area contributed by atoms with Gasteiger partial charge >= 0.3 is 0 Å². The first-order valence-corrected chi connectivity index (χ1v) is 7.81. The second kappa shape index (κ2) is 7.20. The van der Waals surface area contributed by atoms with Gasteiger partial charge < -0.3 is 5.32 Å². The van der Waals surface area contributed by atoms with Crippen LogP contribution in [0.25, 0.3) is 0 Å². The maximum Gasteiger partial charge on any atom is 0.287 e. The van der Waals surface area contributed by atoms with Crippen LogP contribution in [0, 0.1) is 10.1 Å². The second-order valence-corrected chi connectivity index (χ2v) is 6.22. The quantitative estimate of drug-likeness (QED) is 0.447. The van der Waals surface area contributed by atoms with Crippen LogP contribution in [0.5, 0.6) is 0 Å². The predicted molar refractivity (Wildman–Crippen MR) is 72.9 cm³/mol. The zero-order valence-corrected chi connectivity index (χ0v) is 11.6. The van der Waals surface area contributed by atoms with Crippen molar-refractivity contribution in [1.29, 1.82) is 0 Å². The first-order chi connectivity index (χ1) is 8.99. The van der Waals surface area contributed by atoms with Crippen LogP contribution in [0.1, 0.15) is 19.8 Å². The molecule has 106 valence electrons. The fourth-order valence-electron chi connectivity index (χ4n) is 1.67. The van der Waals surface area contributed by atoms with Gasteiger partial charge in [-0.15, -0.1) is 0 Å². The topological polar surface area (TPSA) is 89.3 Å². The molecular weight excluding hydrogens is 268 g/mol. The molecule has 1 aromatic carbocycles. The predicted octanol–water partition coefficient (Wildman–Crippen LogP) is 1.76. The van der Waals surface area contributed by atoms with Gasteiger partial charge in [-0.2, -0.15) is 0 Å². The molecule has 0 radical (unpaired) electrons. The molecule has 0 aliphatic rings. The van der Waals surface area contributed by atoms with E-state index in [4.69, 9.17) is 0 Å². The molecule has 1 aromatic rings. The summed E-state index contributed by atoms with van der Waals surface area (Å²) in [5, 5.41) is 13.9. The first kappa shape index (κ1) is 15.6. The van der Waals surface area contributed by atoms with E-state index in [1.807, 2.05) is 6.92 Å². The molecule has 0 aliphatic heterocycles. The number of rotatable bonds is 8. The lowest BCUT2D eigenvalue weighted by Crippen LogP contribution is -2.19. The van der Waals surface area contributed by atoms with Crippen molar-refractivity contribution in [3.05, 3.63) is 34.4 Å². The summed E-state index contributed by atoms with van der Waals surface area (Å²) in [7, 11) is -3.60. The molecule has 0 saturated heterocycles. The summed E-state index contributed by atoms with van der Waals surface area (Å²) in [6, 6.07) is 5.45. The zero-order valence-electron chi connectivity index (χ0n) is 10.8. The van der Waals surface area contributed by atoms with Crippen LogP contribution in [0.3, 0.4) is 0 Å². The smallest absolute Gasteiger partial charge is 0.287 e. The molecule has 0 atom stereocenters. The van der Waals surface area contributed by atoms with E-state index in [2.05, 4.69) is 5.32 Å². The monoisotopic (exact) mass is 286 g/mol. The van der Waals surface area contributed by atoms with Crippen molar-refractivity contribution in [2.45, 2.75) is 24.7 Å². The van der Waals surface area contributed by atoms with Gasteiger partial charge in [0.05, 0.1) is 10.7 Å². The molecule has 0 heterocycles. The third-order valence-corrected chi connectivity index (χ3v) is 4.43. The Labute approximate surface area is 112 Å². The number of nitrogens with one attached hydrogen (secondary N) is 1. The second-order valence-electron chi connectivity index (χ2n) is 4.15. The van der Waals surface area contributed by atoms with Crippen molar-refractivity contribution in [3.63, 3.8) is 0 Å². The van der Waals surface area contributed by atoms with Gasteiger partial charge in [-0.1, -0.05) is 19.1 Å². The Kier molecular flexibility index (Phi) is 5.91. The van der Waals surface area contributed by atoms with Crippen LogP contribution < -0.4 is 5.32 Å². The molecule has 1 rings (SSSR count). The van der Waals surface area contributed by atoms with Crippen molar-refractivity contribution in [1.82, 2.24) is 5.32 Å². The average Bonchev–Trinajstić information content (AvgIpc) is 2.38. The summed E-state index contributed by atoms with van der Waals surface area (Å²) < 4.78 is 24.1. The van der Waals surface area contributed by atoms with Crippen LogP contribution in [0.2, 0.25) is 0 Å². The molecule has 0 spiro atoms. The summed E-state index contributed by atoms with van der Waals surface area (Å²) in [5.74, 6) is -0.0887. The molecule has 19 heavy (non-hydrogen) atoms. The normalized spacial score (nSPS) is 11.4. The van der Waals surface area contributed by atoms with Crippen LogP contribution in [-0.4, -0.2) is 32.2 Å². The minimum Gasteiger partial charge on any atom is -0.317 e. The molecule has 6 nitrogen and oxygen atoms in total. The third-order valence-electron chi connectivity index (χ3n) is 2.59. The Morgan fingerprint density at radius 2 is 1.95 bits per heavy atom. The summed E-state index contributed by atoms with van der Waals surface area (Å²) in [5.41, 5.74) is -0.357. The van der Waals surface area contributed by atoms with E-state index < -0.39 is 14.8 Å². The minimum atomic E-state index is -3.60. The van der Waals surface area contributed by atoms with E-state index in [1.54, 1.807) is 0 Å². The summed E-state index contributed by atoms with van der Waals surface area (Å²) >= 11 is 0. The number of para-hydroxylation sites is 1. The molecular formula is C12H18N2O4S. The molecule has 0 amide bonds. The number of benzene rings is 1. The van der Waals surface area contributed by atoms with Crippen molar-refractivity contribution >= 4 is 15.5 Å². The number of nitro groups is 1. The van der Waals surface area contributed by atoms with Crippen LogP contribution in [-0.2, 0) is 9.84 Å². The molecule has 0 fully saturated rings. The fraction of sp³-hybridized carbons (Fsp3) is 0.500. The van der Waals surface area contributed by atoms with Gasteiger partial charge in [0.2, 0.25) is 0 Å². The number of nitrogens with zero attached hydrogens (tertiary/aromatic N) is 1. The molecule has 0 unspecified atom stereocenters. The van der Waals surface area contributed by atoms with Crippen molar-refractivity contribution in [2.24, 2.45) is 0 Å². The van der Waals surface area contributed by atoms with Gasteiger partial charge in [-0.05, 0) is 32.0 Å². The molecule has 0 aliphatic carbocycles. The van der Waals surface area contributed by atoms with Gasteiger partial charge in [-0.25, -0.2) is 8.42 Å². The summed E-state index contributed by atoms with van der Waals surface area (Å²) in [4.78, 5) is 9.95. The standard InChI is InChI=1S/C12H18N2O4S/c1-2-8-13-9-5-10-19(17,18)12-7-4-3-6-11(12)14(15)16/h3-4,6-7,13H,2,5,8-10H2,1H3. The van der Waals surface area contributed by atoms with Gasteiger partial charge in [0, 0.05) is 6.07 Å². The average molecular weight is 286 g/mol. The summed E-state index contributed by atoms with van der Waals surface area (Å²) in [6.07, 6.45) is 1.42. The van der Waals surface area contributed by atoms with E-state index in [0.29, 0.717) is 13.0 Å². The Hall–Kier alpha value is -1.47. The highest BCUT2D eigenvalue weighted by molar-refractivity contribution is 7.91. The largest absolute Gasteiger partial charge is 0.317 e. The van der Waals surface area contributed by atoms with Crippen molar-refractivity contribution < 1.29 is 13.3 Å². The number of hydrogen-bond acceptors (Lipinski definition) is 5. The van der Waals surface area contributed by atoms with Crippen molar-refractivity contribution in [3.8, 4) is 0 Å². The number of hydrogen-bond donors (Lipinski definition) is 1. The Morgan fingerprint density at radius 1 is 1.26 bits per heavy atom. The molecule has 0 bridgehead atoms. The lowest BCUT2D eigenvalue weighted by molar-refractivity contribution is -0.387. The zero-order chi connectivity index (χ0) is 14.3. The van der Waals surface area contributed by atoms with E-state index >= 15 is 0 Å². The highest BCUT2D eigenvalue weighted by Crippen LogP contribution is 2.24. The molecule has 1 N–H and O–H groups in total. The molecule has 0 saturated carbocycles. The number of sulfone groups is 1. The third kappa shape index (κ3) is 4.60. The van der Waals surface area contributed by atoms with Gasteiger partial charge in [-0.3, -0.25) is 10.1 Å². The maximum absolute atomic E-state index is 12.1. The highest BCUT2D eigenvalue weighted by atomic mass is 32.2. The minimum absolute atomic E-state index is 0.0887. The number of nitro benzene ring substituents is 1. The van der Waals surface area contributed by atoms with Gasteiger partial charge in [0.25, 0.3) is 5.69 Å². The van der Waals surface area contributed by atoms with Crippen LogP contribution in [0.15, 0.2) is 29.2 Å². The van der Waals surface area contributed by atoms with E-state index in [1.165, 1.54) is 24.3 Å². The van der Waals surface area contributed by atoms with E-state index in [9.17, 15) is 18.5 Å². The van der Waals surface area contributed by atoms with Crippen LogP contribution >= 0.6 is 0 Å². The summed E-state index contributed by atoms with van der Waals surface area (Å²) in [6.45, 7) is 3.45. The fourth-order valence-corrected chi connectivity index (χ4v) is 3.16. The van der Waals surface area contributed by atoms with E-state index in [-0.39, 0.29) is 16.3 Å². The van der Waals surface area contributed by atoms with Crippen LogP contribution in [0.4, 0.5) is 5.69 Å². The Morgan fingerprint density at radius 3 is 2.58 bits per heavy atom. The van der Waals surface area contributed by atoms with E-state index in [0.717, 1.165) is 13.0 Å². The lowest BCUT2D eigenvalue weighted by Gasteiger charge is -2.06. The van der Waals surface area contributed by atoms with Crippen molar-refractivity contribution in [2.75, 3.05) is 18.8 Å². The Bertz CT molecular complexity index is 528. The lowest BCUT2D eigenvalue weighted by atomic mass is 10.3. The molecule has 0 aromatic heterocycles.